The first-order valence-corrected chi connectivity index (χ1v) is 5.31. The molecule has 1 aliphatic carbocycles. The summed E-state index contributed by atoms with van der Waals surface area (Å²) in [6.45, 7) is 0.781. The number of hydrogen-bond donors (Lipinski definition) is 1. The lowest BCUT2D eigenvalue weighted by molar-refractivity contribution is 0.181. The van der Waals surface area contributed by atoms with Crippen LogP contribution in [0, 0.1) is 5.92 Å². The van der Waals surface area contributed by atoms with Crippen molar-refractivity contribution in [1.29, 1.82) is 0 Å². The van der Waals surface area contributed by atoms with Gasteiger partial charge in [0.15, 0.2) is 0 Å². The number of nitrogens with two attached hydrogens (primary N) is 1. The van der Waals surface area contributed by atoms with Crippen LogP contribution in [-0.4, -0.2) is 6.61 Å². The van der Waals surface area contributed by atoms with Crippen LogP contribution in [0.1, 0.15) is 19.3 Å². The summed E-state index contributed by atoms with van der Waals surface area (Å²) < 4.78 is 5.61. The smallest absolute Gasteiger partial charge is 0.138 e. The van der Waals surface area contributed by atoms with Gasteiger partial charge in [0.25, 0.3) is 0 Å². The lowest BCUT2D eigenvalue weighted by atomic mass is 9.86. The lowest BCUT2D eigenvalue weighted by Gasteiger charge is -2.25. The average Bonchev–Trinajstić information content (AvgIpc) is 2.05. The Morgan fingerprint density at radius 2 is 2.21 bits per heavy atom. The van der Waals surface area contributed by atoms with Crippen LogP contribution < -0.4 is 10.5 Å². The monoisotopic (exact) mass is 211 g/mol. The van der Waals surface area contributed by atoms with E-state index in [-0.39, 0.29) is 0 Å². The molecule has 0 atom stereocenters. The van der Waals surface area contributed by atoms with Crippen LogP contribution in [0.25, 0.3) is 0 Å². The van der Waals surface area contributed by atoms with Crippen molar-refractivity contribution in [2.75, 3.05) is 12.3 Å². The van der Waals surface area contributed by atoms with E-state index in [1.54, 1.807) is 6.07 Å². The predicted octanol–water partition coefficient (Wildman–Crippen LogP) is 3.10. The second kappa shape index (κ2) is 4.09. The van der Waals surface area contributed by atoms with E-state index in [0.29, 0.717) is 10.7 Å². The second-order valence-corrected chi connectivity index (χ2v) is 4.20. The van der Waals surface area contributed by atoms with Crippen molar-refractivity contribution in [3.05, 3.63) is 23.2 Å². The first kappa shape index (κ1) is 9.66. The van der Waals surface area contributed by atoms with E-state index in [2.05, 4.69) is 0 Å². The summed E-state index contributed by atoms with van der Waals surface area (Å²) in [7, 11) is 0. The summed E-state index contributed by atoms with van der Waals surface area (Å²) in [5.41, 5.74) is 6.25. The fraction of sp³-hybridized carbons (Fsp3) is 0.455. The van der Waals surface area contributed by atoms with Crippen molar-refractivity contribution in [2.24, 2.45) is 5.92 Å². The van der Waals surface area contributed by atoms with Crippen LogP contribution in [0.2, 0.25) is 5.02 Å². The molecule has 1 fully saturated rings. The van der Waals surface area contributed by atoms with Gasteiger partial charge in [0.05, 0.1) is 11.6 Å². The Morgan fingerprint density at radius 3 is 2.79 bits per heavy atom. The Morgan fingerprint density at radius 1 is 1.43 bits per heavy atom. The van der Waals surface area contributed by atoms with Gasteiger partial charge in [0, 0.05) is 5.69 Å². The Balaban J connectivity index is 1.94. The summed E-state index contributed by atoms with van der Waals surface area (Å²) in [4.78, 5) is 0. The Hall–Kier alpha value is -0.890. The number of anilines is 1. The van der Waals surface area contributed by atoms with E-state index < -0.39 is 0 Å². The molecule has 1 aliphatic rings. The summed E-state index contributed by atoms with van der Waals surface area (Å²) >= 11 is 5.97. The van der Waals surface area contributed by atoms with Crippen LogP contribution in [0.4, 0.5) is 5.69 Å². The second-order valence-electron chi connectivity index (χ2n) is 3.80. The highest BCUT2D eigenvalue weighted by Gasteiger charge is 2.18. The Labute approximate surface area is 89.0 Å². The average molecular weight is 212 g/mol. The van der Waals surface area contributed by atoms with Gasteiger partial charge in [0.2, 0.25) is 0 Å². The molecule has 0 bridgehead atoms. The lowest BCUT2D eigenvalue weighted by Crippen LogP contribution is -2.19. The third-order valence-corrected chi connectivity index (χ3v) is 2.95. The van der Waals surface area contributed by atoms with Gasteiger partial charge in [-0.05, 0) is 37.0 Å². The van der Waals surface area contributed by atoms with Crippen LogP contribution in [-0.2, 0) is 0 Å². The van der Waals surface area contributed by atoms with E-state index in [1.165, 1.54) is 19.3 Å². The minimum absolute atomic E-state index is 0.601. The molecule has 1 aromatic carbocycles. The van der Waals surface area contributed by atoms with Crippen molar-refractivity contribution in [3.8, 4) is 5.75 Å². The topological polar surface area (TPSA) is 35.2 Å². The van der Waals surface area contributed by atoms with Crippen molar-refractivity contribution in [3.63, 3.8) is 0 Å². The zero-order chi connectivity index (χ0) is 9.97. The number of hydrogen-bond acceptors (Lipinski definition) is 2. The molecule has 76 valence electrons. The molecule has 0 saturated heterocycles. The first-order chi connectivity index (χ1) is 6.75. The van der Waals surface area contributed by atoms with E-state index in [0.717, 1.165) is 18.3 Å². The van der Waals surface area contributed by atoms with Gasteiger partial charge in [-0.15, -0.1) is 0 Å². The molecule has 1 saturated carbocycles. The molecule has 1 aromatic rings. The van der Waals surface area contributed by atoms with E-state index >= 15 is 0 Å². The quantitative estimate of drug-likeness (QED) is 0.780. The summed E-state index contributed by atoms with van der Waals surface area (Å²) in [5.74, 6) is 1.47. The minimum Gasteiger partial charge on any atom is -0.492 e. The van der Waals surface area contributed by atoms with Gasteiger partial charge in [-0.3, -0.25) is 0 Å². The van der Waals surface area contributed by atoms with Gasteiger partial charge in [-0.25, -0.2) is 0 Å². The maximum Gasteiger partial charge on any atom is 0.138 e. The summed E-state index contributed by atoms with van der Waals surface area (Å²) in [6, 6.07) is 5.36. The largest absolute Gasteiger partial charge is 0.492 e. The van der Waals surface area contributed by atoms with Gasteiger partial charge < -0.3 is 10.5 Å². The number of nitrogen functional groups attached to an aromatic ring is 1. The standard InChI is InChI=1S/C11H14ClNO/c12-10-6-9(13)4-5-11(10)14-7-8-2-1-3-8/h4-6,8H,1-3,7,13H2. The number of benzene rings is 1. The molecule has 0 aromatic heterocycles. The maximum atomic E-state index is 5.97. The third kappa shape index (κ3) is 2.13. The van der Waals surface area contributed by atoms with E-state index in [9.17, 15) is 0 Å². The molecule has 3 heteroatoms. The highest BCUT2D eigenvalue weighted by molar-refractivity contribution is 6.32. The molecule has 14 heavy (non-hydrogen) atoms. The van der Waals surface area contributed by atoms with Gasteiger partial charge >= 0.3 is 0 Å². The summed E-state index contributed by atoms with van der Waals surface area (Å²) in [6.07, 6.45) is 3.91. The number of ether oxygens (including phenoxy) is 1. The van der Waals surface area contributed by atoms with Crippen molar-refractivity contribution < 1.29 is 4.74 Å². The fourth-order valence-corrected chi connectivity index (χ4v) is 1.74. The summed E-state index contributed by atoms with van der Waals surface area (Å²) in [5, 5.41) is 0.601. The Bertz CT molecular complexity index is 323. The third-order valence-electron chi connectivity index (χ3n) is 2.66. The molecule has 0 radical (unpaired) electrons. The predicted molar refractivity (Wildman–Crippen MR) is 58.7 cm³/mol. The molecule has 0 amide bonds. The molecule has 2 rings (SSSR count). The van der Waals surface area contributed by atoms with Crippen molar-refractivity contribution >= 4 is 17.3 Å². The van der Waals surface area contributed by atoms with E-state index in [1.807, 2.05) is 12.1 Å². The minimum atomic E-state index is 0.601. The Kier molecular flexibility index (Phi) is 2.82. The molecule has 2 N–H and O–H groups in total. The highest BCUT2D eigenvalue weighted by Crippen LogP contribution is 2.30. The molecule has 0 unspecified atom stereocenters. The van der Waals surface area contributed by atoms with Crippen molar-refractivity contribution in [2.45, 2.75) is 19.3 Å². The molecule has 0 aliphatic heterocycles. The first-order valence-electron chi connectivity index (χ1n) is 4.93. The van der Waals surface area contributed by atoms with Crippen molar-refractivity contribution in [1.82, 2.24) is 0 Å². The molecule has 0 heterocycles. The number of rotatable bonds is 3. The van der Waals surface area contributed by atoms with Gasteiger partial charge in [-0.2, -0.15) is 0 Å². The zero-order valence-electron chi connectivity index (χ0n) is 8.00. The highest BCUT2D eigenvalue weighted by atomic mass is 35.5. The van der Waals surface area contributed by atoms with E-state index in [4.69, 9.17) is 22.1 Å². The molecular formula is C11H14ClNO. The van der Waals surface area contributed by atoms with Gasteiger partial charge in [0.1, 0.15) is 5.75 Å². The van der Waals surface area contributed by atoms with Crippen LogP contribution >= 0.6 is 11.6 Å². The number of halogens is 1. The van der Waals surface area contributed by atoms with Gasteiger partial charge in [-0.1, -0.05) is 18.0 Å². The van der Waals surface area contributed by atoms with Crippen LogP contribution in [0.5, 0.6) is 5.75 Å². The maximum absolute atomic E-state index is 5.97. The van der Waals surface area contributed by atoms with Crippen LogP contribution in [0.15, 0.2) is 18.2 Å². The normalized spacial score (nSPS) is 16.4. The fourth-order valence-electron chi connectivity index (χ4n) is 1.50. The molecule has 0 spiro atoms. The molecular weight excluding hydrogens is 198 g/mol. The molecule has 2 nitrogen and oxygen atoms in total. The zero-order valence-corrected chi connectivity index (χ0v) is 8.76. The van der Waals surface area contributed by atoms with Crippen LogP contribution in [0.3, 0.4) is 0 Å². The SMILES string of the molecule is Nc1ccc(OCC2CCC2)c(Cl)c1.